The summed E-state index contributed by atoms with van der Waals surface area (Å²) >= 11 is 3.43. The van der Waals surface area contributed by atoms with Gasteiger partial charge in [0.15, 0.2) is 11.6 Å². The van der Waals surface area contributed by atoms with Crippen molar-refractivity contribution < 1.29 is 0 Å². The highest BCUT2D eigenvalue weighted by atomic mass is 32.1. The van der Waals surface area contributed by atoms with Crippen LogP contribution in [0.5, 0.6) is 0 Å². The fraction of sp³-hybridized carbons (Fsp3) is 0. The van der Waals surface area contributed by atoms with Gasteiger partial charge in [0.05, 0.1) is 11.4 Å². The van der Waals surface area contributed by atoms with Gasteiger partial charge in [-0.05, 0) is 40.5 Å². The number of nitrogens with zero attached hydrogens (tertiary/aromatic N) is 4. The quantitative estimate of drug-likeness (QED) is 0.170. The molecule has 0 N–H and O–H groups in total. The lowest BCUT2D eigenvalue weighted by atomic mass is 9.99. The normalized spacial score (nSPS) is 11.6. The second-order valence-corrected chi connectivity index (χ2v) is 15.9. The van der Waals surface area contributed by atoms with Gasteiger partial charge in [-0.1, -0.05) is 164 Å². The Morgan fingerprint density at radius 1 is 0.286 bits per heavy atom. The molecule has 0 fully saturated rings. The first kappa shape index (κ1) is 32.6. The van der Waals surface area contributed by atoms with Crippen LogP contribution in [0, 0.1) is 0 Å². The largest absolute Gasteiger partial charge is 0.227 e. The Balaban J connectivity index is 1.08. The van der Waals surface area contributed by atoms with E-state index in [0.29, 0.717) is 11.6 Å². The number of benzene rings is 7. The Hall–Kier alpha value is -6.86. The highest BCUT2D eigenvalue weighted by Crippen LogP contribution is 2.43. The molecular weight excluding hydrogens is 721 g/mol. The minimum Gasteiger partial charge on any atom is -0.227 e. The number of fused-ring (bicyclic) bond motifs is 6. The fourth-order valence-corrected chi connectivity index (χ4v) is 9.77. The SMILES string of the molecule is c1ccc(-c2ccc(-c3nc(-c4cccc(-c5nc(-c6ccc(-c7ccccc7)cc6)nc6sc7ccccc7c56)c4)c4c(n3)sc3ccccc34)cc2)cc1. The molecule has 0 saturated heterocycles. The third-order valence-corrected chi connectivity index (χ3v) is 12.5. The fourth-order valence-electron chi connectivity index (χ4n) is 7.62. The van der Waals surface area contributed by atoms with E-state index in [4.69, 9.17) is 19.9 Å². The highest BCUT2D eigenvalue weighted by molar-refractivity contribution is 7.26. The minimum absolute atomic E-state index is 0.707. The summed E-state index contributed by atoms with van der Waals surface area (Å²) in [6.07, 6.45) is 0. The summed E-state index contributed by atoms with van der Waals surface area (Å²) in [4.78, 5) is 23.0. The Bertz CT molecular complexity index is 3010. The van der Waals surface area contributed by atoms with Gasteiger partial charge >= 0.3 is 0 Å². The molecular formula is C50H30N4S2. The molecule has 0 aliphatic heterocycles. The van der Waals surface area contributed by atoms with Crippen LogP contribution in [-0.4, -0.2) is 19.9 Å². The molecule has 0 saturated carbocycles. The lowest BCUT2D eigenvalue weighted by molar-refractivity contribution is 1.23. The van der Waals surface area contributed by atoms with Crippen molar-refractivity contribution in [1.82, 2.24) is 19.9 Å². The molecule has 0 spiro atoms. The maximum Gasteiger partial charge on any atom is 0.161 e. The van der Waals surface area contributed by atoms with E-state index < -0.39 is 0 Å². The van der Waals surface area contributed by atoms with Crippen LogP contribution in [0.25, 0.3) is 108 Å². The van der Waals surface area contributed by atoms with E-state index in [2.05, 4.69) is 170 Å². The van der Waals surface area contributed by atoms with Crippen molar-refractivity contribution in [3.63, 3.8) is 0 Å². The Morgan fingerprint density at radius 2 is 0.643 bits per heavy atom. The monoisotopic (exact) mass is 750 g/mol. The van der Waals surface area contributed by atoms with Crippen molar-refractivity contribution in [3.8, 4) is 67.5 Å². The number of thiophene rings is 2. The number of rotatable bonds is 6. The molecule has 7 aromatic carbocycles. The summed E-state index contributed by atoms with van der Waals surface area (Å²) in [5.74, 6) is 1.41. The molecule has 0 atom stereocenters. The first-order valence-corrected chi connectivity index (χ1v) is 20.2. The zero-order chi connectivity index (χ0) is 37.0. The third-order valence-electron chi connectivity index (χ3n) is 10.4. The minimum atomic E-state index is 0.707. The van der Waals surface area contributed by atoms with E-state index in [1.165, 1.54) is 20.5 Å². The summed E-state index contributed by atoms with van der Waals surface area (Å²) in [6, 6.07) is 63.8. The van der Waals surface area contributed by atoms with Crippen molar-refractivity contribution in [2.45, 2.75) is 0 Å². The first-order valence-electron chi connectivity index (χ1n) is 18.5. The molecule has 0 aliphatic carbocycles. The van der Waals surface area contributed by atoms with Crippen molar-refractivity contribution >= 4 is 63.3 Å². The van der Waals surface area contributed by atoms with Crippen molar-refractivity contribution in [2.75, 3.05) is 0 Å². The molecule has 4 heterocycles. The number of aromatic nitrogens is 4. The standard InChI is InChI=1S/C50H30N4S2/c1-3-12-31(13-4-1)33-22-26-35(27-23-33)47-51-45(43-39-18-7-9-20-41(39)55-49(43)53-47)37-16-11-17-38(30-37)46-44-40-19-8-10-21-42(40)56-50(44)54-48(52-46)36-28-24-34(25-29-36)32-14-5-2-6-15-32/h1-30H. The average molecular weight is 751 g/mol. The van der Waals surface area contributed by atoms with Crippen LogP contribution >= 0.6 is 22.7 Å². The molecule has 0 amide bonds. The lowest BCUT2D eigenvalue weighted by Gasteiger charge is -2.11. The molecule has 0 unspecified atom stereocenters. The summed E-state index contributed by atoms with van der Waals surface area (Å²) in [5, 5.41) is 4.46. The molecule has 11 rings (SSSR count). The van der Waals surface area contributed by atoms with Gasteiger partial charge < -0.3 is 0 Å². The van der Waals surface area contributed by atoms with Gasteiger partial charge in [0.1, 0.15) is 9.66 Å². The van der Waals surface area contributed by atoms with Gasteiger partial charge in [0, 0.05) is 53.2 Å². The van der Waals surface area contributed by atoms with Gasteiger partial charge in [-0.15, -0.1) is 22.7 Å². The average Bonchev–Trinajstić information content (AvgIpc) is 3.85. The van der Waals surface area contributed by atoms with Crippen LogP contribution in [0.15, 0.2) is 182 Å². The molecule has 4 nitrogen and oxygen atoms in total. The number of hydrogen-bond acceptors (Lipinski definition) is 6. The van der Waals surface area contributed by atoms with Crippen LogP contribution < -0.4 is 0 Å². The summed E-state index contributed by atoms with van der Waals surface area (Å²) in [6.45, 7) is 0. The maximum atomic E-state index is 5.37. The van der Waals surface area contributed by atoms with Gasteiger partial charge in [-0.2, -0.15) is 0 Å². The Morgan fingerprint density at radius 3 is 1.09 bits per heavy atom. The first-order chi connectivity index (χ1) is 27.7. The van der Waals surface area contributed by atoms with Gasteiger partial charge in [-0.3, -0.25) is 0 Å². The molecule has 262 valence electrons. The van der Waals surface area contributed by atoms with Gasteiger partial charge in [-0.25, -0.2) is 19.9 Å². The van der Waals surface area contributed by atoms with Gasteiger partial charge in [0.25, 0.3) is 0 Å². The summed E-state index contributed by atoms with van der Waals surface area (Å²) in [7, 11) is 0. The zero-order valence-electron chi connectivity index (χ0n) is 29.9. The smallest absolute Gasteiger partial charge is 0.161 e. The van der Waals surface area contributed by atoms with Crippen LogP contribution in [0.4, 0.5) is 0 Å². The molecule has 4 aromatic heterocycles. The molecule has 6 heteroatoms. The summed E-state index contributed by atoms with van der Waals surface area (Å²) in [5.41, 5.74) is 10.5. The topological polar surface area (TPSA) is 51.6 Å². The predicted molar refractivity (Wildman–Crippen MR) is 236 cm³/mol. The van der Waals surface area contributed by atoms with Crippen LogP contribution in [0.3, 0.4) is 0 Å². The van der Waals surface area contributed by atoms with Crippen molar-refractivity contribution in [3.05, 3.63) is 182 Å². The second-order valence-electron chi connectivity index (χ2n) is 13.8. The summed E-state index contributed by atoms with van der Waals surface area (Å²) < 4.78 is 2.38. The van der Waals surface area contributed by atoms with Crippen LogP contribution in [-0.2, 0) is 0 Å². The maximum absolute atomic E-state index is 5.37. The molecule has 0 bridgehead atoms. The van der Waals surface area contributed by atoms with E-state index >= 15 is 0 Å². The lowest BCUT2D eigenvalue weighted by Crippen LogP contribution is -1.96. The Kier molecular flexibility index (Phi) is 7.83. The molecule has 11 aromatic rings. The zero-order valence-corrected chi connectivity index (χ0v) is 31.6. The van der Waals surface area contributed by atoms with E-state index in [0.717, 1.165) is 76.0 Å². The van der Waals surface area contributed by atoms with E-state index in [1.54, 1.807) is 22.7 Å². The van der Waals surface area contributed by atoms with E-state index in [1.807, 2.05) is 12.1 Å². The number of hydrogen-bond donors (Lipinski definition) is 0. The van der Waals surface area contributed by atoms with Crippen molar-refractivity contribution in [2.24, 2.45) is 0 Å². The predicted octanol–water partition coefficient (Wildman–Crippen LogP) is 14.0. The molecule has 0 aliphatic rings. The molecule has 56 heavy (non-hydrogen) atoms. The Labute approximate surface area is 331 Å². The van der Waals surface area contributed by atoms with E-state index in [9.17, 15) is 0 Å². The van der Waals surface area contributed by atoms with Gasteiger partial charge in [0.2, 0.25) is 0 Å². The highest BCUT2D eigenvalue weighted by Gasteiger charge is 2.20. The van der Waals surface area contributed by atoms with Crippen LogP contribution in [0.2, 0.25) is 0 Å². The van der Waals surface area contributed by atoms with E-state index in [-0.39, 0.29) is 0 Å². The van der Waals surface area contributed by atoms with Crippen LogP contribution in [0.1, 0.15) is 0 Å². The molecule has 0 radical (unpaired) electrons. The van der Waals surface area contributed by atoms with Crippen molar-refractivity contribution in [1.29, 1.82) is 0 Å². The third kappa shape index (κ3) is 5.66. The second kappa shape index (κ2) is 13.5.